The lowest BCUT2D eigenvalue weighted by atomic mass is 9.69. The number of rotatable bonds is 7. The number of piperazine rings is 1. The number of halogens is 1. The van der Waals surface area contributed by atoms with Crippen LogP contribution in [0.15, 0.2) is 60.7 Å². The van der Waals surface area contributed by atoms with Gasteiger partial charge in [0.2, 0.25) is 5.95 Å². The van der Waals surface area contributed by atoms with E-state index in [2.05, 4.69) is 68.7 Å². The molecule has 2 aliphatic heterocycles. The first-order chi connectivity index (χ1) is 21.0. The Morgan fingerprint density at radius 3 is 2.28 bits per heavy atom. The highest BCUT2D eigenvalue weighted by Crippen LogP contribution is 2.39. The maximum Gasteiger partial charge on any atom is 0.232 e. The zero-order valence-corrected chi connectivity index (χ0v) is 26.1. The lowest BCUT2D eigenvalue weighted by Crippen LogP contribution is -2.47. The van der Waals surface area contributed by atoms with Crippen molar-refractivity contribution in [2.45, 2.75) is 69.7 Å². The van der Waals surface area contributed by atoms with Crippen LogP contribution < -0.4 is 25.3 Å². The van der Waals surface area contributed by atoms with Crippen LogP contribution in [0.3, 0.4) is 0 Å². The van der Waals surface area contributed by atoms with Crippen molar-refractivity contribution in [2.24, 2.45) is 0 Å². The summed E-state index contributed by atoms with van der Waals surface area (Å²) in [7, 11) is 0. The predicted octanol–water partition coefficient (Wildman–Crippen LogP) is 6.51. The van der Waals surface area contributed by atoms with E-state index < -0.39 is 0 Å². The van der Waals surface area contributed by atoms with Crippen molar-refractivity contribution in [1.29, 1.82) is 0 Å². The Hall–Kier alpha value is -3.46. The molecule has 1 aromatic heterocycles. The van der Waals surface area contributed by atoms with Crippen molar-refractivity contribution in [3.8, 4) is 0 Å². The molecule has 6 rings (SSSR count). The molecule has 0 unspecified atom stereocenters. The average molecular weight is 602 g/mol. The first kappa shape index (κ1) is 29.6. The van der Waals surface area contributed by atoms with Gasteiger partial charge < -0.3 is 25.3 Å². The van der Waals surface area contributed by atoms with Gasteiger partial charge in [-0.1, -0.05) is 49.6 Å². The molecule has 1 saturated carbocycles. The van der Waals surface area contributed by atoms with Gasteiger partial charge in [0.25, 0.3) is 0 Å². The number of hydrogen-bond acceptors (Lipinski definition) is 6. The molecule has 3 aromatic rings. The summed E-state index contributed by atoms with van der Waals surface area (Å²) in [4.78, 5) is 17.2. The van der Waals surface area contributed by atoms with Crippen LogP contribution >= 0.6 is 12.2 Å². The monoisotopic (exact) mass is 601 g/mol. The van der Waals surface area contributed by atoms with Gasteiger partial charge in [0.15, 0.2) is 5.11 Å². The van der Waals surface area contributed by atoms with Crippen LogP contribution in [0.2, 0.25) is 0 Å². The van der Waals surface area contributed by atoms with E-state index in [9.17, 15) is 4.39 Å². The molecule has 0 spiro atoms. The third-order valence-electron chi connectivity index (χ3n) is 9.60. The Balaban J connectivity index is 1.18. The van der Waals surface area contributed by atoms with Crippen molar-refractivity contribution in [2.75, 3.05) is 59.3 Å². The Labute approximate surface area is 260 Å². The second-order valence-electron chi connectivity index (χ2n) is 12.4. The van der Waals surface area contributed by atoms with Crippen LogP contribution in [-0.2, 0) is 5.41 Å². The second kappa shape index (κ2) is 13.5. The Morgan fingerprint density at radius 1 is 0.860 bits per heavy atom. The molecule has 9 heteroatoms. The predicted molar refractivity (Wildman–Crippen MR) is 179 cm³/mol. The fourth-order valence-corrected chi connectivity index (χ4v) is 7.22. The van der Waals surface area contributed by atoms with Gasteiger partial charge in [0, 0.05) is 62.5 Å². The highest BCUT2D eigenvalue weighted by atomic mass is 32.1. The van der Waals surface area contributed by atoms with Gasteiger partial charge in [0.05, 0.1) is 0 Å². The van der Waals surface area contributed by atoms with Gasteiger partial charge in [-0.05, 0) is 81.1 Å². The largest absolute Gasteiger partial charge is 0.368 e. The maximum absolute atomic E-state index is 13.7. The van der Waals surface area contributed by atoms with Crippen LogP contribution in [0.25, 0.3) is 0 Å². The molecular weight excluding hydrogens is 557 g/mol. The summed E-state index contributed by atoms with van der Waals surface area (Å²) < 4.78 is 13.7. The highest BCUT2D eigenvalue weighted by molar-refractivity contribution is 7.80. The van der Waals surface area contributed by atoms with Crippen LogP contribution in [0.1, 0.15) is 63.9 Å². The molecule has 7 nitrogen and oxygen atoms in total. The number of benzene rings is 2. The number of nitrogens with one attached hydrogen (secondary N) is 2. The molecule has 43 heavy (non-hydrogen) atoms. The van der Waals surface area contributed by atoms with Crippen molar-refractivity contribution in [3.63, 3.8) is 0 Å². The molecule has 0 bridgehead atoms. The first-order valence-corrected chi connectivity index (χ1v) is 16.4. The lowest BCUT2D eigenvalue weighted by molar-refractivity contribution is 0.292. The number of aromatic nitrogens is 2. The number of para-hydroxylation sites is 1. The molecule has 3 heterocycles. The summed E-state index contributed by atoms with van der Waals surface area (Å²) in [6.07, 6.45) is 9.30. The zero-order chi connectivity index (χ0) is 29.6. The van der Waals surface area contributed by atoms with E-state index in [4.69, 9.17) is 22.2 Å². The molecule has 1 aliphatic carbocycles. The van der Waals surface area contributed by atoms with E-state index in [1.807, 2.05) is 12.1 Å². The summed E-state index contributed by atoms with van der Waals surface area (Å²) in [6, 6.07) is 20.2. The quantitative estimate of drug-likeness (QED) is 0.298. The smallest absolute Gasteiger partial charge is 0.232 e. The minimum absolute atomic E-state index is 0.0623. The first-order valence-electron chi connectivity index (χ1n) is 16.0. The van der Waals surface area contributed by atoms with Crippen LogP contribution in [0.5, 0.6) is 0 Å². The van der Waals surface area contributed by atoms with E-state index in [-0.39, 0.29) is 11.2 Å². The summed E-state index contributed by atoms with van der Waals surface area (Å²) in [5.74, 6) is 2.24. The maximum atomic E-state index is 13.7. The number of piperidine rings is 1. The fourth-order valence-electron chi connectivity index (χ4n) is 7.05. The van der Waals surface area contributed by atoms with Gasteiger partial charge in [0.1, 0.15) is 17.5 Å². The molecule has 1 atom stereocenters. The number of nitrogens with zero attached hydrogens (tertiary/aromatic N) is 5. The summed E-state index contributed by atoms with van der Waals surface area (Å²) in [6.45, 7) is 7.66. The molecule has 228 valence electrons. The average Bonchev–Trinajstić information content (AvgIpc) is 3.05. The van der Waals surface area contributed by atoms with Gasteiger partial charge in [-0.2, -0.15) is 9.97 Å². The summed E-state index contributed by atoms with van der Waals surface area (Å²) in [5.41, 5.74) is 2.38. The van der Waals surface area contributed by atoms with Gasteiger partial charge in [-0.15, -0.1) is 0 Å². The molecule has 3 aliphatic rings. The van der Waals surface area contributed by atoms with Crippen molar-refractivity contribution >= 4 is 40.6 Å². The fraction of sp³-hybridized carbons (Fsp3) is 0.500. The molecule has 0 radical (unpaired) electrons. The van der Waals surface area contributed by atoms with Crippen molar-refractivity contribution in [1.82, 2.24) is 15.3 Å². The summed E-state index contributed by atoms with van der Waals surface area (Å²) >= 11 is 5.82. The minimum Gasteiger partial charge on any atom is -0.368 e. The molecule has 2 N–H and O–H groups in total. The van der Waals surface area contributed by atoms with E-state index in [0.29, 0.717) is 23.6 Å². The van der Waals surface area contributed by atoms with Gasteiger partial charge in [-0.3, -0.25) is 0 Å². The Bertz CT molecular complexity index is 1350. The molecule has 3 fully saturated rings. The summed E-state index contributed by atoms with van der Waals surface area (Å²) in [5, 5.41) is 7.36. The van der Waals surface area contributed by atoms with E-state index in [1.54, 1.807) is 12.1 Å². The molecule has 2 aromatic carbocycles. The second-order valence-corrected chi connectivity index (χ2v) is 12.8. The molecule has 2 saturated heterocycles. The molecule has 0 amide bonds. The van der Waals surface area contributed by atoms with Crippen LogP contribution in [0, 0.1) is 5.82 Å². The number of thiocarbonyl (C=S) groups is 1. The standard InChI is InChI=1S/C34H44FN7S/c1-26-10-6-9-19-42(26)31-24-30(41-22-20-40(21-23-41)29-11-4-2-5-12-29)37-32(38-31)39-33(43)36-25-34(17-7-3-8-18-34)27-13-15-28(35)16-14-27/h2,4-5,11-16,24,26H,3,6-10,17-23,25H2,1H3,(H2,36,37,38,39,43)/t26-/m1/s1. The zero-order valence-electron chi connectivity index (χ0n) is 25.3. The topological polar surface area (TPSA) is 59.6 Å². The minimum atomic E-state index is -0.197. The highest BCUT2D eigenvalue weighted by Gasteiger charge is 2.34. The lowest BCUT2D eigenvalue weighted by Gasteiger charge is -2.39. The van der Waals surface area contributed by atoms with Crippen molar-refractivity contribution in [3.05, 3.63) is 72.0 Å². The number of anilines is 4. The third kappa shape index (κ3) is 7.03. The van der Waals surface area contributed by atoms with Crippen molar-refractivity contribution < 1.29 is 4.39 Å². The van der Waals surface area contributed by atoms with E-state index >= 15 is 0 Å². The van der Waals surface area contributed by atoms with E-state index in [0.717, 1.165) is 57.2 Å². The normalized spacial score (nSPS) is 20.5. The number of hydrogen-bond donors (Lipinski definition) is 2. The van der Waals surface area contributed by atoms with E-state index in [1.165, 1.54) is 49.8 Å². The third-order valence-corrected chi connectivity index (χ3v) is 9.85. The van der Waals surface area contributed by atoms with Gasteiger partial charge in [-0.25, -0.2) is 4.39 Å². The Morgan fingerprint density at radius 2 is 1.56 bits per heavy atom. The Kier molecular flexibility index (Phi) is 9.26. The SMILES string of the molecule is C[C@@H]1CCCCN1c1cc(N2CCN(c3ccccc3)CC2)nc(NC(=S)NCC2(c3ccc(F)cc3)CCCCC2)n1. The van der Waals surface area contributed by atoms with Gasteiger partial charge >= 0.3 is 0 Å². The molecular formula is C34H44FN7S. The van der Waals surface area contributed by atoms with Crippen LogP contribution in [-0.4, -0.2) is 60.4 Å². The van der Waals surface area contributed by atoms with Crippen LogP contribution in [0.4, 0.5) is 27.7 Å².